The highest BCUT2D eigenvalue weighted by molar-refractivity contribution is 5.87. The van der Waals surface area contributed by atoms with Crippen LogP contribution in [0.3, 0.4) is 0 Å². The normalized spacial score (nSPS) is 17.0. The lowest BCUT2D eigenvalue weighted by atomic mass is 9.85. The first-order valence-corrected chi connectivity index (χ1v) is 13.3. The van der Waals surface area contributed by atoms with Gasteiger partial charge in [0.2, 0.25) is 0 Å². The maximum absolute atomic E-state index is 12.6. The van der Waals surface area contributed by atoms with Crippen LogP contribution in [0, 0.1) is 13.8 Å². The number of rotatable bonds is 4. The van der Waals surface area contributed by atoms with E-state index in [9.17, 15) is 19.8 Å². The highest BCUT2D eigenvalue weighted by Crippen LogP contribution is 2.36. The zero-order valence-electron chi connectivity index (χ0n) is 21.4. The summed E-state index contributed by atoms with van der Waals surface area (Å²) in [7, 11) is 0. The molecule has 6 heteroatoms. The van der Waals surface area contributed by atoms with Crippen molar-refractivity contribution in [1.29, 1.82) is 0 Å². The maximum atomic E-state index is 12.6. The molecule has 4 aromatic rings. The second-order valence-electron chi connectivity index (χ2n) is 10.8. The van der Waals surface area contributed by atoms with Crippen LogP contribution in [0.25, 0.3) is 21.9 Å². The van der Waals surface area contributed by atoms with Gasteiger partial charge in [-0.15, -0.1) is 0 Å². The molecular formula is C31H32O6. The Morgan fingerprint density at radius 1 is 0.703 bits per heavy atom. The summed E-state index contributed by atoms with van der Waals surface area (Å²) in [5, 5.41) is 24.6. The van der Waals surface area contributed by atoms with Gasteiger partial charge in [0.1, 0.15) is 17.3 Å². The van der Waals surface area contributed by atoms with Crippen molar-refractivity contribution in [3.05, 3.63) is 89.6 Å². The molecule has 2 aromatic heterocycles. The summed E-state index contributed by atoms with van der Waals surface area (Å²) in [5.41, 5.74) is 7.07. The SMILES string of the molecule is Cc1cc(CC(O)C(O)c2cc(C)cc3oc(=O)c4c(c23)CCCC4)c2c3c(c(=O)oc2c1)CCCC3. The molecule has 0 fully saturated rings. The van der Waals surface area contributed by atoms with Gasteiger partial charge in [0, 0.05) is 28.3 Å². The molecule has 2 heterocycles. The Bertz CT molecular complexity index is 1660. The van der Waals surface area contributed by atoms with E-state index in [1.807, 2.05) is 38.1 Å². The van der Waals surface area contributed by atoms with Crippen molar-refractivity contribution in [2.45, 2.75) is 83.8 Å². The predicted octanol–water partition coefficient (Wildman–Crippen LogP) is 4.91. The molecule has 2 unspecified atom stereocenters. The molecule has 0 saturated carbocycles. The van der Waals surface area contributed by atoms with Gasteiger partial charge in [0.25, 0.3) is 0 Å². The maximum Gasteiger partial charge on any atom is 0.339 e. The molecule has 0 amide bonds. The lowest BCUT2D eigenvalue weighted by Gasteiger charge is -2.25. The molecule has 37 heavy (non-hydrogen) atoms. The first-order valence-electron chi connectivity index (χ1n) is 13.3. The number of aliphatic hydroxyl groups excluding tert-OH is 2. The van der Waals surface area contributed by atoms with Crippen LogP contribution >= 0.6 is 0 Å². The van der Waals surface area contributed by atoms with Crippen molar-refractivity contribution >= 4 is 21.9 Å². The molecule has 2 aliphatic rings. The smallest absolute Gasteiger partial charge is 0.339 e. The van der Waals surface area contributed by atoms with Gasteiger partial charge in [-0.1, -0.05) is 12.1 Å². The Labute approximate surface area is 214 Å². The standard InChI is InChI=1S/C31H32O6/c1-16-11-18(27-19-7-3-5-9-21(19)30(34)36-25(27)13-16)15-24(32)29(33)23-12-17(2)14-26-28(23)20-8-4-6-10-22(20)31(35)37-26/h11-14,24,29,32-33H,3-10,15H2,1-2H3. The van der Waals surface area contributed by atoms with Crippen LogP contribution in [0.5, 0.6) is 0 Å². The number of benzene rings is 2. The average Bonchev–Trinajstić information content (AvgIpc) is 2.87. The largest absolute Gasteiger partial charge is 0.422 e. The van der Waals surface area contributed by atoms with E-state index in [0.717, 1.165) is 82.7 Å². The number of aliphatic hydroxyl groups is 2. The third kappa shape index (κ3) is 4.12. The predicted molar refractivity (Wildman–Crippen MR) is 142 cm³/mol. The first-order chi connectivity index (χ1) is 17.8. The zero-order valence-corrected chi connectivity index (χ0v) is 21.4. The summed E-state index contributed by atoms with van der Waals surface area (Å²) in [6.07, 6.45) is 4.75. The topological polar surface area (TPSA) is 101 Å². The minimum absolute atomic E-state index is 0.202. The third-order valence-electron chi connectivity index (χ3n) is 8.15. The molecular weight excluding hydrogens is 468 g/mol. The Balaban J connectivity index is 1.46. The van der Waals surface area contributed by atoms with E-state index in [2.05, 4.69) is 0 Å². The van der Waals surface area contributed by atoms with Crippen molar-refractivity contribution in [3.63, 3.8) is 0 Å². The molecule has 6 nitrogen and oxygen atoms in total. The quantitative estimate of drug-likeness (QED) is 0.386. The molecule has 0 spiro atoms. The molecule has 0 saturated heterocycles. The van der Waals surface area contributed by atoms with E-state index in [1.54, 1.807) is 0 Å². The fourth-order valence-electron chi connectivity index (χ4n) is 6.51. The van der Waals surface area contributed by atoms with Crippen molar-refractivity contribution in [1.82, 2.24) is 0 Å². The van der Waals surface area contributed by atoms with Crippen molar-refractivity contribution in [3.8, 4) is 0 Å². The van der Waals surface area contributed by atoms with Crippen LogP contribution in [0.15, 0.2) is 42.7 Å². The van der Waals surface area contributed by atoms with Crippen LogP contribution in [-0.2, 0) is 32.1 Å². The Morgan fingerprint density at radius 3 is 1.78 bits per heavy atom. The summed E-state index contributed by atoms with van der Waals surface area (Å²) in [6.45, 7) is 3.83. The van der Waals surface area contributed by atoms with Gasteiger partial charge < -0.3 is 19.0 Å². The molecule has 0 aliphatic heterocycles. The molecule has 6 rings (SSSR count). The molecule has 2 aromatic carbocycles. The van der Waals surface area contributed by atoms with E-state index < -0.39 is 12.2 Å². The first kappa shape index (κ1) is 24.1. The van der Waals surface area contributed by atoms with Gasteiger partial charge in [-0.2, -0.15) is 0 Å². The zero-order chi connectivity index (χ0) is 25.8. The van der Waals surface area contributed by atoms with E-state index >= 15 is 0 Å². The van der Waals surface area contributed by atoms with Gasteiger partial charge in [0.15, 0.2) is 0 Å². The highest BCUT2D eigenvalue weighted by atomic mass is 16.4. The van der Waals surface area contributed by atoms with Crippen molar-refractivity contribution in [2.24, 2.45) is 0 Å². The van der Waals surface area contributed by atoms with Crippen molar-refractivity contribution in [2.75, 3.05) is 0 Å². The van der Waals surface area contributed by atoms with Crippen molar-refractivity contribution < 1.29 is 19.0 Å². The lowest BCUT2D eigenvalue weighted by molar-refractivity contribution is 0.0199. The fraction of sp³-hybridized carbons (Fsp3) is 0.419. The lowest BCUT2D eigenvalue weighted by Crippen LogP contribution is -2.23. The summed E-state index contributed by atoms with van der Waals surface area (Å²) in [5.74, 6) is 0. The molecule has 2 aliphatic carbocycles. The van der Waals surface area contributed by atoms with Crippen LogP contribution in [0.4, 0.5) is 0 Å². The summed E-state index contributed by atoms with van der Waals surface area (Å²) < 4.78 is 11.4. The second kappa shape index (κ2) is 9.26. The van der Waals surface area contributed by atoms with Crippen LogP contribution < -0.4 is 11.3 Å². The van der Waals surface area contributed by atoms with Gasteiger partial charge in [-0.25, -0.2) is 9.59 Å². The number of hydrogen-bond acceptors (Lipinski definition) is 6. The molecule has 2 atom stereocenters. The summed E-state index contributed by atoms with van der Waals surface area (Å²) in [6, 6.07) is 7.61. The van der Waals surface area contributed by atoms with Crippen LogP contribution in [-0.4, -0.2) is 16.3 Å². The van der Waals surface area contributed by atoms with Crippen LogP contribution in [0.1, 0.15) is 76.3 Å². The third-order valence-corrected chi connectivity index (χ3v) is 8.15. The minimum Gasteiger partial charge on any atom is -0.422 e. The second-order valence-corrected chi connectivity index (χ2v) is 10.8. The van der Waals surface area contributed by atoms with E-state index in [0.29, 0.717) is 35.1 Å². The van der Waals surface area contributed by atoms with Gasteiger partial charge in [0.05, 0.1) is 6.10 Å². The monoisotopic (exact) mass is 500 g/mol. The van der Waals surface area contributed by atoms with E-state index in [-0.39, 0.29) is 17.7 Å². The van der Waals surface area contributed by atoms with E-state index in [1.165, 1.54) is 0 Å². The van der Waals surface area contributed by atoms with Crippen LogP contribution in [0.2, 0.25) is 0 Å². The Hall–Kier alpha value is -3.22. The number of fused-ring (bicyclic) bond motifs is 6. The van der Waals surface area contributed by atoms with E-state index in [4.69, 9.17) is 8.83 Å². The number of aryl methyl sites for hydroxylation is 4. The summed E-state index contributed by atoms with van der Waals surface area (Å²) in [4.78, 5) is 25.3. The average molecular weight is 501 g/mol. The molecule has 0 radical (unpaired) electrons. The summed E-state index contributed by atoms with van der Waals surface area (Å²) >= 11 is 0. The fourth-order valence-corrected chi connectivity index (χ4v) is 6.51. The molecule has 2 N–H and O–H groups in total. The Morgan fingerprint density at radius 2 is 1.19 bits per heavy atom. The molecule has 0 bridgehead atoms. The van der Waals surface area contributed by atoms with Gasteiger partial charge >= 0.3 is 11.3 Å². The Kier molecular flexibility index (Phi) is 6.04. The van der Waals surface area contributed by atoms with Gasteiger partial charge in [-0.05, 0) is 111 Å². The molecule has 192 valence electrons. The minimum atomic E-state index is -1.18. The number of hydrogen-bond donors (Lipinski definition) is 2. The highest BCUT2D eigenvalue weighted by Gasteiger charge is 2.28. The van der Waals surface area contributed by atoms with Gasteiger partial charge in [-0.3, -0.25) is 0 Å².